The molecule has 0 aliphatic carbocycles. The molecule has 2 aromatic heterocycles. The molecule has 2 aromatic carbocycles. The van der Waals surface area contributed by atoms with Gasteiger partial charge in [0.25, 0.3) is 0 Å². The summed E-state index contributed by atoms with van der Waals surface area (Å²) in [6, 6.07) is 25.4. The Morgan fingerprint density at radius 2 is 1.61 bits per heavy atom. The van der Waals surface area contributed by atoms with Crippen LogP contribution in [0, 0.1) is 0 Å². The predicted octanol–water partition coefficient (Wildman–Crippen LogP) is 5.15. The van der Waals surface area contributed by atoms with Crippen molar-refractivity contribution in [2.75, 3.05) is 7.05 Å². The van der Waals surface area contributed by atoms with Crippen LogP contribution < -0.4 is 0 Å². The number of pyridine rings is 1. The third-order valence-corrected chi connectivity index (χ3v) is 5.76. The van der Waals surface area contributed by atoms with E-state index in [4.69, 9.17) is 0 Å². The smallest absolute Gasteiger partial charge is 0.120 e. The van der Waals surface area contributed by atoms with Gasteiger partial charge in [-0.2, -0.15) is 0 Å². The minimum Gasteiger partial charge on any atom is -0.348 e. The van der Waals surface area contributed by atoms with Crippen molar-refractivity contribution in [1.82, 2.24) is 24.2 Å². The van der Waals surface area contributed by atoms with E-state index in [1.807, 2.05) is 24.5 Å². The van der Waals surface area contributed by atoms with E-state index in [1.165, 1.54) is 16.0 Å². The maximum absolute atomic E-state index is 4.50. The van der Waals surface area contributed by atoms with Gasteiger partial charge in [-0.3, -0.25) is 9.88 Å². The molecule has 0 bridgehead atoms. The quantitative estimate of drug-likeness (QED) is 0.354. The van der Waals surface area contributed by atoms with Crippen LogP contribution in [-0.2, 0) is 26.2 Å². The van der Waals surface area contributed by atoms with Gasteiger partial charge in [0.2, 0.25) is 0 Å². The van der Waals surface area contributed by atoms with Crippen LogP contribution in [-0.4, -0.2) is 31.2 Å². The van der Waals surface area contributed by atoms with E-state index in [0.717, 1.165) is 37.7 Å². The lowest BCUT2D eigenvalue weighted by molar-refractivity contribution is 0.239. The number of benzene rings is 2. The molecule has 0 fully saturated rings. The highest BCUT2D eigenvalue weighted by Gasteiger charge is 2.11. The van der Waals surface area contributed by atoms with Gasteiger partial charge < -0.3 is 4.98 Å². The van der Waals surface area contributed by atoms with Crippen molar-refractivity contribution >= 4 is 11.9 Å². The van der Waals surface area contributed by atoms with Gasteiger partial charge in [-0.25, -0.2) is 9.29 Å². The molecule has 0 spiro atoms. The summed E-state index contributed by atoms with van der Waals surface area (Å²) in [5.74, 6) is 0.962. The second-order valence-electron chi connectivity index (χ2n) is 7.51. The van der Waals surface area contributed by atoms with Gasteiger partial charge in [0.1, 0.15) is 5.82 Å². The number of rotatable bonds is 10. The summed E-state index contributed by atoms with van der Waals surface area (Å²) in [6.45, 7) is 3.25. The number of hydrogen-bond acceptors (Lipinski definition) is 5. The summed E-state index contributed by atoms with van der Waals surface area (Å²) in [4.78, 5) is 15.7. The zero-order valence-electron chi connectivity index (χ0n) is 17.7. The standard InChI is InChI=1S/C25H27N5S/c1-29(17-21-8-3-2-4-9-21)31-24-12-7-10-22(16-24)18-30(20-25-27-14-15-28-25)19-23-11-5-6-13-26-23/h2-16H,17-20H2,1H3,(H,27,28). The lowest BCUT2D eigenvalue weighted by atomic mass is 10.2. The van der Waals surface area contributed by atoms with Crippen molar-refractivity contribution in [2.45, 2.75) is 31.1 Å². The first-order valence-corrected chi connectivity index (χ1v) is 11.1. The van der Waals surface area contributed by atoms with Gasteiger partial charge in [-0.05, 0) is 54.4 Å². The minimum absolute atomic E-state index is 0.745. The van der Waals surface area contributed by atoms with Crippen LogP contribution in [0.3, 0.4) is 0 Å². The van der Waals surface area contributed by atoms with Crippen LogP contribution >= 0.6 is 11.9 Å². The maximum atomic E-state index is 4.50. The second kappa shape index (κ2) is 10.9. The number of hydrogen-bond donors (Lipinski definition) is 1. The fourth-order valence-electron chi connectivity index (χ4n) is 3.50. The third kappa shape index (κ3) is 6.79. The number of imidazole rings is 1. The van der Waals surface area contributed by atoms with E-state index in [-0.39, 0.29) is 0 Å². The van der Waals surface area contributed by atoms with E-state index in [1.54, 1.807) is 18.1 Å². The molecule has 0 aliphatic heterocycles. The first-order chi connectivity index (χ1) is 15.2. The molecule has 0 unspecified atom stereocenters. The van der Waals surface area contributed by atoms with Crippen LogP contribution in [0.4, 0.5) is 0 Å². The van der Waals surface area contributed by atoms with Crippen molar-refractivity contribution in [3.63, 3.8) is 0 Å². The Bertz CT molecular complexity index is 1040. The first-order valence-electron chi connectivity index (χ1n) is 10.4. The molecule has 0 atom stereocenters. The molecule has 0 amide bonds. The summed E-state index contributed by atoms with van der Waals surface area (Å²) < 4.78 is 2.27. The Morgan fingerprint density at radius 1 is 0.774 bits per heavy atom. The molecule has 4 rings (SSSR count). The average molecular weight is 430 g/mol. The molecule has 158 valence electrons. The second-order valence-corrected chi connectivity index (χ2v) is 8.79. The third-order valence-electron chi connectivity index (χ3n) is 4.85. The highest BCUT2D eigenvalue weighted by Crippen LogP contribution is 2.24. The highest BCUT2D eigenvalue weighted by atomic mass is 32.2. The maximum Gasteiger partial charge on any atom is 0.120 e. The summed E-state index contributed by atoms with van der Waals surface area (Å²) in [5, 5.41) is 0. The molecular weight excluding hydrogens is 402 g/mol. The Labute approximate surface area is 188 Å². The van der Waals surface area contributed by atoms with Gasteiger partial charge in [0, 0.05) is 43.1 Å². The molecule has 0 radical (unpaired) electrons. The number of nitrogens with one attached hydrogen (secondary N) is 1. The lowest BCUT2D eigenvalue weighted by Gasteiger charge is -2.22. The Hall–Kier alpha value is -2.93. The molecule has 1 N–H and O–H groups in total. The van der Waals surface area contributed by atoms with E-state index < -0.39 is 0 Å². The number of aromatic amines is 1. The largest absolute Gasteiger partial charge is 0.348 e. The number of H-pyrrole nitrogens is 1. The summed E-state index contributed by atoms with van der Waals surface area (Å²) in [7, 11) is 2.13. The lowest BCUT2D eigenvalue weighted by Crippen LogP contribution is -2.23. The van der Waals surface area contributed by atoms with E-state index in [9.17, 15) is 0 Å². The molecule has 31 heavy (non-hydrogen) atoms. The van der Waals surface area contributed by atoms with Gasteiger partial charge >= 0.3 is 0 Å². The van der Waals surface area contributed by atoms with Crippen LogP contribution in [0.1, 0.15) is 22.6 Å². The van der Waals surface area contributed by atoms with Gasteiger partial charge in [0.05, 0.1) is 12.2 Å². The SMILES string of the molecule is CN(Cc1ccccc1)Sc1cccc(CN(Cc2ccccn2)Cc2ncc[nH]2)c1. The minimum atomic E-state index is 0.745. The summed E-state index contributed by atoms with van der Waals surface area (Å²) in [5.41, 5.74) is 3.65. The zero-order valence-corrected chi connectivity index (χ0v) is 18.5. The number of aromatic nitrogens is 3. The molecule has 5 nitrogen and oxygen atoms in total. The Kier molecular flexibility index (Phi) is 7.50. The van der Waals surface area contributed by atoms with Gasteiger partial charge in [-0.15, -0.1) is 0 Å². The Morgan fingerprint density at radius 3 is 2.39 bits per heavy atom. The van der Waals surface area contributed by atoms with Gasteiger partial charge in [-0.1, -0.05) is 48.5 Å². The van der Waals surface area contributed by atoms with Crippen molar-refractivity contribution in [3.05, 3.63) is 114 Å². The monoisotopic (exact) mass is 429 g/mol. The molecular formula is C25H27N5S. The van der Waals surface area contributed by atoms with Gasteiger partial charge in [0.15, 0.2) is 0 Å². The molecule has 0 saturated carbocycles. The normalized spacial score (nSPS) is 11.3. The van der Waals surface area contributed by atoms with Crippen LogP contribution in [0.15, 0.2) is 96.3 Å². The van der Waals surface area contributed by atoms with Crippen molar-refractivity contribution in [2.24, 2.45) is 0 Å². The van der Waals surface area contributed by atoms with E-state index in [2.05, 4.69) is 91.9 Å². The molecule has 0 saturated heterocycles. The molecule has 4 aromatic rings. The topological polar surface area (TPSA) is 48.1 Å². The summed E-state index contributed by atoms with van der Waals surface area (Å²) in [6.07, 6.45) is 5.52. The molecule has 6 heteroatoms. The average Bonchev–Trinajstić information content (AvgIpc) is 3.28. The molecule has 0 aliphatic rings. The zero-order chi connectivity index (χ0) is 21.3. The Balaban J connectivity index is 1.42. The van der Waals surface area contributed by atoms with Crippen LogP contribution in [0.5, 0.6) is 0 Å². The van der Waals surface area contributed by atoms with Crippen molar-refractivity contribution in [3.8, 4) is 0 Å². The summed E-state index contributed by atoms with van der Waals surface area (Å²) >= 11 is 1.77. The molecule has 2 heterocycles. The first kappa shape index (κ1) is 21.3. The van der Waals surface area contributed by atoms with E-state index >= 15 is 0 Å². The van der Waals surface area contributed by atoms with Crippen LogP contribution in [0.25, 0.3) is 0 Å². The fraction of sp³-hybridized carbons (Fsp3) is 0.200. The van der Waals surface area contributed by atoms with Crippen molar-refractivity contribution < 1.29 is 0 Å². The predicted molar refractivity (Wildman–Crippen MR) is 126 cm³/mol. The van der Waals surface area contributed by atoms with E-state index in [0.29, 0.717) is 0 Å². The van der Waals surface area contributed by atoms with Crippen LogP contribution in [0.2, 0.25) is 0 Å². The number of nitrogens with zero attached hydrogens (tertiary/aromatic N) is 4. The highest BCUT2D eigenvalue weighted by molar-refractivity contribution is 7.97. The fourth-order valence-corrected chi connectivity index (χ4v) is 4.41. The van der Waals surface area contributed by atoms with Crippen molar-refractivity contribution in [1.29, 1.82) is 0 Å².